The Hall–Kier alpha value is -2.76. The van der Waals surface area contributed by atoms with Crippen LogP contribution in [0.25, 0.3) is 0 Å². The first kappa shape index (κ1) is 27.8. The van der Waals surface area contributed by atoms with Gasteiger partial charge in [-0.15, -0.1) is 11.3 Å². The van der Waals surface area contributed by atoms with E-state index < -0.39 is 51.0 Å². The van der Waals surface area contributed by atoms with Gasteiger partial charge in [0.15, 0.2) is 0 Å². The third-order valence-corrected chi connectivity index (χ3v) is 8.60. The van der Waals surface area contributed by atoms with Gasteiger partial charge >= 0.3 is 6.18 Å². The first-order valence-corrected chi connectivity index (χ1v) is 13.4. The van der Waals surface area contributed by atoms with Crippen molar-refractivity contribution in [3.05, 3.63) is 87.4 Å². The first-order chi connectivity index (χ1) is 16.8. The van der Waals surface area contributed by atoms with E-state index >= 15 is 0 Å². The van der Waals surface area contributed by atoms with Crippen molar-refractivity contribution in [3.8, 4) is 0 Å². The van der Waals surface area contributed by atoms with Crippen LogP contribution in [0.15, 0.2) is 64.9 Å². The van der Waals surface area contributed by atoms with Crippen LogP contribution in [0, 0.1) is 12.7 Å². The second-order valence-electron chi connectivity index (χ2n) is 8.57. The maximum atomic E-state index is 13.4. The van der Waals surface area contributed by atoms with Gasteiger partial charge in [-0.2, -0.15) is 17.5 Å². The van der Waals surface area contributed by atoms with Gasteiger partial charge in [0.2, 0.25) is 15.9 Å². The smallest absolute Gasteiger partial charge is 0.332 e. The van der Waals surface area contributed by atoms with Crippen LogP contribution in [0.4, 0.5) is 17.6 Å². The zero-order valence-electron chi connectivity index (χ0n) is 19.9. The molecule has 3 rings (SSSR count). The molecule has 0 aliphatic heterocycles. The van der Waals surface area contributed by atoms with Crippen LogP contribution >= 0.6 is 11.3 Å². The summed E-state index contributed by atoms with van der Waals surface area (Å²) in [6.45, 7) is 4.73. The summed E-state index contributed by atoms with van der Waals surface area (Å²) in [6.07, 6.45) is -4.71. The molecule has 36 heavy (non-hydrogen) atoms. The van der Waals surface area contributed by atoms with E-state index in [1.165, 1.54) is 40.5 Å². The Balaban J connectivity index is 1.92. The maximum Gasteiger partial charge on any atom is 0.416 e. The Bertz CT molecular complexity index is 1300. The minimum atomic E-state index is -4.71. The Morgan fingerprint density at radius 3 is 2.25 bits per heavy atom. The van der Waals surface area contributed by atoms with E-state index in [1.807, 2.05) is 18.4 Å². The number of aryl methyl sites for hydroxylation is 1. The minimum absolute atomic E-state index is 0.103. The van der Waals surface area contributed by atoms with Crippen LogP contribution in [-0.4, -0.2) is 36.1 Å². The largest absolute Gasteiger partial charge is 0.416 e. The first-order valence-electron chi connectivity index (χ1n) is 11.0. The van der Waals surface area contributed by atoms with Gasteiger partial charge in [0, 0.05) is 17.5 Å². The lowest BCUT2D eigenvalue weighted by Gasteiger charge is -2.29. The van der Waals surface area contributed by atoms with Gasteiger partial charge in [-0.1, -0.05) is 18.2 Å². The van der Waals surface area contributed by atoms with Crippen LogP contribution in [0.3, 0.4) is 0 Å². The number of amides is 1. The van der Waals surface area contributed by atoms with Gasteiger partial charge in [-0.05, 0) is 73.7 Å². The highest BCUT2D eigenvalue weighted by Crippen LogP contribution is 2.31. The van der Waals surface area contributed by atoms with Gasteiger partial charge < -0.3 is 4.90 Å². The SMILES string of the molecule is Cc1ccsc1CN(Cc1ccc(F)cc1)C(=O)CN(C(C)C)S(=O)(=O)c1cccc(C(F)(F)F)c1. The van der Waals surface area contributed by atoms with Gasteiger partial charge in [0.05, 0.1) is 23.5 Å². The van der Waals surface area contributed by atoms with E-state index in [0.29, 0.717) is 11.6 Å². The molecular formula is C25H26F4N2O3S2. The van der Waals surface area contributed by atoms with Crippen LogP contribution < -0.4 is 0 Å². The van der Waals surface area contributed by atoms with Gasteiger partial charge in [0.1, 0.15) is 5.82 Å². The van der Waals surface area contributed by atoms with Crippen molar-refractivity contribution < 1.29 is 30.8 Å². The molecule has 1 aromatic heterocycles. The highest BCUT2D eigenvalue weighted by molar-refractivity contribution is 7.89. The third-order valence-electron chi connectivity index (χ3n) is 5.58. The molecule has 0 spiro atoms. The van der Waals surface area contributed by atoms with Crippen molar-refractivity contribution >= 4 is 27.3 Å². The number of thiophene rings is 1. The predicted octanol–water partition coefficient (Wildman–Crippen LogP) is 5.84. The van der Waals surface area contributed by atoms with Crippen molar-refractivity contribution in [1.82, 2.24) is 9.21 Å². The molecule has 0 N–H and O–H groups in total. The van der Waals surface area contributed by atoms with Crippen LogP contribution in [0.5, 0.6) is 0 Å². The van der Waals surface area contributed by atoms with E-state index in [1.54, 1.807) is 13.8 Å². The zero-order valence-corrected chi connectivity index (χ0v) is 21.6. The number of rotatable bonds is 9. The summed E-state index contributed by atoms with van der Waals surface area (Å²) in [4.78, 5) is 15.3. The molecule has 0 fully saturated rings. The van der Waals surface area contributed by atoms with Crippen molar-refractivity contribution in [2.45, 2.75) is 51.0 Å². The van der Waals surface area contributed by atoms with E-state index in [0.717, 1.165) is 32.9 Å². The van der Waals surface area contributed by atoms with E-state index in [4.69, 9.17) is 0 Å². The van der Waals surface area contributed by atoms with E-state index in [-0.39, 0.29) is 13.1 Å². The summed E-state index contributed by atoms with van der Waals surface area (Å²) >= 11 is 1.45. The molecule has 5 nitrogen and oxygen atoms in total. The zero-order chi connectivity index (χ0) is 26.7. The summed E-state index contributed by atoms with van der Waals surface area (Å²) in [5.41, 5.74) is 0.523. The third kappa shape index (κ3) is 6.71. The number of alkyl halides is 3. The number of sulfonamides is 1. The van der Waals surface area contributed by atoms with Crippen LogP contribution in [0.1, 0.15) is 35.4 Å². The average molecular weight is 543 g/mol. The highest BCUT2D eigenvalue weighted by atomic mass is 32.2. The molecule has 194 valence electrons. The molecule has 0 saturated carbocycles. The van der Waals surface area contributed by atoms with Crippen molar-refractivity contribution in [2.75, 3.05) is 6.54 Å². The Morgan fingerprint density at radius 2 is 1.69 bits per heavy atom. The number of hydrogen-bond donors (Lipinski definition) is 0. The summed E-state index contributed by atoms with van der Waals surface area (Å²) in [5, 5.41) is 1.88. The van der Waals surface area contributed by atoms with Crippen molar-refractivity contribution in [1.29, 1.82) is 0 Å². The Kier molecular flexibility index (Phi) is 8.58. The fourth-order valence-corrected chi connectivity index (χ4v) is 6.08. The lowest BCUT2D eigenvalue weighted by molar-refractivity contribution is -0.137. The average Bonchev–Trinajstić information content (AvgIpc) is 3.21. The van der Waals surface area contributed by atoms with Crippen molar-refractivity contribution in [2.24, 2.45) is 0 Å². The maximum absolute atomic E-state index is 13.4. The van der Waals surface area contributed by atoms with E-state index in [9.17, 15) is 30.8 Å². The Labute approximate surface area is 212 Å². The molecule has 11 heteroatoms. The second-order valence-corrected chi connectivity index (χ2v) is 11.5. The molecule has 0 aliphatic carbocycles. The quantitative estimate of drug-likeness (QED) is 0.319. The molecule has 0 bridgehead atoms. The summed E-state index contributed by atoms with van der Waals surface area (Å²) in [5.74, 6) is -0.958. The molecule has 1 heterocycles. The number of halogens is 4. The topological polar surface area (TPSA) is 57.7 Å². The molecule has 3 aromatic rings. The predicted molar refractivity (Wildman–Crippen MR) is 130 cm³/mol. The fourth-order valence-electron chi connectivity index (χ4n) is 3.53. The minimum Gasteiger partial charge on any atom is -0.332 e. The van der Waals surface area contributed by atoms with Crippen LogP contribution in [0.2, 0.25) is 0 Å². The molecule has 0 saturated heterocycles. The molecule has 0 aliphatic rings. The lowest BCUT2D eigenvalue weighted by Crippen LogP contribution is -2.45. The highest BCUT2D eigenvalue weighted by Gasteiger charge is 2.35. The number of carbonyl (C=O) groups excluding carboxylic acids is 1. The lowest BCUT2D eigenvalue weighted by atomic mass is 10.2. The molecule has 2 aromatic carbocycles. The Morgan fingerprint density at radius 1 is 1.03 bits per heavy atom. The van der Waals surface area contributed by atoms with E-state index in [2.05, 4.69) is 0 Å². The monoisotopic (exact) mass is 542 g/mol. The molecular weight excluding hydrogens is 516 g/mol. The molecule has 0 radical (unpaired) electrons. The molecule has 0 unspecified atom stereocenters. The standard InChI is InChI=1S/C25H26F4N2O3S2/c1-17(2)31(36(33,34)22-6-4-5-20(13-22)25(27,28)29)16-24(32)30(15-23-18(3)11-12-35-23)14-19-7-9-21(26)10-8-19/h4-13,17H,14-16H2,1-3H3. The summed E-state index contributed by atoms with van der Waals surface area (Å²) < 4.78 is 80.5. The number of benzene rings is 2. The van der Waals surface area contributed by atoms with Crippen molar-refractivity contribution in [3.63, 3.8) is 0 Å². The number of nitrogens with zero attached hydrogens (tertiary/aromatic N) is 2. The molecule has 1 amide bonds. The second kappa shape index (κ2) is 11.1. The normalized spacial score (nSPS) is 12.4. The van der Waals surface area contributed by atoms with Crippen LogP contribution in [-0.2, 0) is 34.1 Å². The summed E-state index contributed by atoms with van der Waals surface area (Å²) in [6, 6.07) is 10.3. The summed E-state index contributed by atoms with van der Waals surface area (Å²) in [7, 11) is -4.42. The number of carbonyl (C=O) groups is 1. The van der Waals surface area contributed by atoms with Gasteiger partial charge in [-0.25, -0.2) is 12.8 Å². The molecule has 0 atom stereocenters. The fraction of sp³-hybridized carbons (Fsp3) is 0.320. The van der Waals surface area contributed by atoms with Gasteiger partial charge in [0.25, 0.3) is 0 Å². The van der Waals surface area contributed by atoms with Gasteiger partial charge in [-0.3, -0.25) is 4.79 Å². The number of hydrogen-bond acceptors (Lipinski definition) is 4.